The summed E-state index contributed by atoms with van der Waals surface area (Å²) in [6, 6.07) is 0. The van der Waals surface area contributed by atoms with E-state index in [2.05, 4.69) is 10.1 Å². The lowest BCUT2D eigenvalue weighted by Gasteiger charge is -2.24. The lowest BCUT2D eigenvalue weighted by molar-refractivity contribution is -0.139. The first kappa shape index (κ1) is 12.6. The number of aromatic nitrogens is 2. The Morgan fingerprint density at radius 2 is 2.11 bits per heavy atom. The highest BCUT2D eigenvalue weighted by Gasteiger charge is 2.38. The number of hydrogen-bond donors (Lipinski definition) is 1. The molecule has 0 unspecified atom stereocenters. The van der Waals surface area contributed by atoms with E-state index in [-0.39, 0.29) is 11.8 Å². The van der Waals surface area contributed by atoms with Crippen LogP contribution in [0.1, 0.15) is 56.7 Å². The topological polar surface area (TPSA) is 76.2 Å². The van der Waals surface area contributed by atoms with E-state index >= 15 is 0 Å². The van der Waals surface area contributed by atoms with Crippen LogP contribution >= 0.6 is 0 Å². The number of carboxylic acids is 1. The van der Waals surface area contributed by atoms with Crippen molar-refractivity contribution in [3.05, 3.63) is 11.7 Å². The predicted molar refractivity (Wildman–Crippen MR) is 67.6 cm³/mol. The van der Waals surface area contributed by atoms with Crippen molar-refractivity contribution in [3.63, 3.8) is 0 Å². The SMILES string of the molecule is O=C(O)CC1(Cc2nc(CC3CC3)no2)CCCC1. The van der Waals surface area contributed by atoms with E-state index < -0.39 is 5.97 Å². The molecule has 2 aliphatic rings. The van der Waals surface area contributed by atoms with Crippen LogP contribution in [0.4, 0.5) is 0 Å². The fourth-order valence-corrected chi connectivity index (χ4v) is 3.21. The molecule has 0 spiro atoms. The van der Waals surface area contributed by atoms with Crippen LogP contribution in [0.2, 0.25) is 0 Å². The molecule has 0 atom stereocenters. The standard InChI is InChI=1S/C14H20N2O3/c17-13(18)9-14(5-1-2-6-14)8-12-15-11(16-19-12)7-10-3-4-10/h10H,1-9H2,(H,17,18). The molecule has 0 bridgehead atoms. The highest BCUT2D eigenvalue weighted by atomic mass is 16.5. The molecule has 0 radical (unpaired) electrons. The van der Waals surface area contributed by atoms with Gasteiger partial charge in [-0.1, -0.05) is 18.0 Å². The van der Waals surface area contributed by atoms with Crippen molar-refractivity contribution < 1.29 is 14.4 Å². The number of nitrogens with zero attached hydrogens (tertiary/aromatic N) is 2. The molecular formula is C14H20N2O3. The average Bonchev–Trinajstić information content (AvgIpc) is 2.85. The molecule has 5 heteroatoms. The van der Waals surface area contributed by atoms with E-state index in [0.717, 1.165) is 43.8 Å². The molecule has 104 valence electrons. The molecule has 1 aromatic rings. The van der Waals surface area contributed by atoms with Crippen LogP contribution in [0.25, 0.3) is 0 Å². The van der Waals surface area contributed by atoms with Crippen LogP contribution in [-0.2, 0) is 17.6 Å². The Kier molecular flexibility index (Phi) is 3.29. The second-order valence-corrected chi connectivity index (χ2v) is 6.21. The number of hydrogen-bond acceptors (Lipinski definition) is 4. The van der Waals surface area contributed by atoms with Gasteiger partial charge in [-0.2, -0.15) is 4.98 Å². The van der Waals surface area contributed by atoms with Crippen LogP contribution in [0.15, 0.2) is 4.52 Å². The van der Waals surface area contributed by atoms with Gasteiger partial charge in [0.1, 0.15) is 0 Å². The Bertz CT molecular complexity index is 459. The number of carboxylic acid groups (broad SMARTS) is 1. The van der Waals surface area contributed by atoms with Crippen molar-refractivity contribution in [2.24, 2.45) is 11.3 Å². The van der Waals surface area contributed by atoms with Gasteiger partial charge in [-0.05, 0) is 37.0 Å². The predicted octanol–water partition coefficient (Wildman–Crippen LogP) is 2.60. The molecule has 2 fully saturated rings. The second-order valence-electron chi connectivity index (χ2n) is 6.21. The zero-order valence-corrected chi connectivity index (χ0v) is 11.1. The Morgan fingerprint density at radius 1 is 1.37 bits per heavy atom. The van der Waals surface area contributed by atoms with Gasteiger partial charge in [-0.15, -0.1) is 0 Å². The van der Waals surface area contributed by atoms with E-state index in [1.807, 2.05) is 0 Å². The monoisotopic (exact) mass is 264 g/mol. The Labute approximate surface area is 112 Å². The van der Waals surface area contributed by atoms with Gasteiger partial charge in [0, 0.05) is 12.8 Å². The summed E-state index contributed by atoms with van der Waals surface area (Å²) in [5, 5.41) is 13.1. The molecule has 0 aromatic carbocycles. The van der Waals surface area contributed by atoms with E-state index in [1.165, 1.54) is 12.8 Å². The summed E-state index contributed by atoms with van der Waals surface area (Å²) in [5.74, 6) is 1.43. The molecule has 0 aliphatic heterocycles. The van der Waals surface area contributed by atoms with Crippen molar-refractivity contribution in [2.45, 2.75) is 57.8 Å². The maximum Gasteiger partial charge on any atom is 0.303 e. The van der Waals surface area contributed by atoms with Crippen molar-refractivity contribution in [3.8, 4) is 0 Å². The third kappa shape index (κ3) is 3.14. The first-order chi connectivity index (χ1) is 9.15. The fraction of sp³-hybridized carbons (Fsp3) is 0.786. The first-order valence-corrected chi connectivity index (χ1v) is 7.18. The minimum atomic E-state index is -0.723. The lowest BCUT2D eigenvalue weighted by Crippen LogP contribution is -2.24. The molecular weight excluding hydrogens is 244 g/mol. The highest BCUT2D eigenvalue weighted by Crippen LogP contribution is 2.43. The van der Waals surface area contributed by atoms with Crippen molar-refractivity contribution in [1.29, 1.82) is 0 Å². The summed E-state index contributed by atoms with van der Waals surface area (Å²) < 4.78 is 5.31. The molecule has 5 nitrogen and oxygen atoms in total. The fourth-order valence-electron chi connectivity index (χ4n) is 3.21. The van der Waals surface area contributed by atoms with Gasteiger partial charge in [0.05, 0.1) is 6.42 Å². The van der Waals surface area contributed by atoms with Crippen LogP contribution < -0.4 is 0 Å². The first-order valence-electron chi connectivity index (χ1n) is 7.18. The molecule has 19 heavy (non-hydrogen) atoms. The van der Waals surface area contributed by atoms with Crippen LogP contribution in [-0.4, -0.2) is 21.2 Å². The maximum atomic E-state index is 11.0. The molecule has 0 amide bonds. The number of aliphatic carboxylic acids is 1. The normalized spacial score (nSPS) is 21.7. The van der Waals surface area contributed by atoms with Gasteiger partial charge in [-0.25, -0.2) is 0 Å². The quantitative estimate of drug-likeness (QED) is 0.854. The molecule has 0 saturated heterocycles. The summed E-state index contributed by atoms with van der Waals surface area (Å²) in [6.45, 7) is 0. The van der Waals surface area contributed by atoms with E-state index in [9.17, 15) is 4.79 Å². The number of rotatable bonds is 6. The molecule has 1 N–H and O–H groups in total. The Hall–Kier alpha value is -1.39. The summed E-state index contributed by atoms with van der Waals surface area (Å²) in [4.78, 5) is 15.5. The summed E-state index contributed by atoms with van der Waals surface area (Å²) in [7, 11) is 0. The Balaban J connectivity index is 1.66. The third-order valence-electron chi connectivity index (χ3n) is 4.39. The lowest BCUT2D eigenvalue weighted by atomic mass is 9.79. The van der Waals surface area contributed by atoms with Gasteiger partial charge >= 0.3 is 5.97 Å². The molecule has 1 aromatic heterocycles. The van der Waals surface area contributed by atoms with Crippen molar-refractivity contribution in [2.75, 3.05) is 0 Å². The van der Waals surface area contributed by atoms with Crippen LogP contribution in [0, 0.1) is 11.3 Å². The smallest absolute Gasteiger partial charge is 0.303 e. The summed E-state index contributed by atoms with van der Waals surface area (Å²) in [6.07, 6.45) is 8.42. The second kappa shape index (κ2) is 4.94. The van der Waals surface area contributed by atoms with Crippen molar-refractivity contribution >= 4 is 5.97 Å². The van der Waals surface area contributed by atoms with Gasteiger partial charge in [0.25, 0.3) is 0 Å². The minimum absolute atomic E-state index is 0.158. The minimum Gasteiger partial charge on any atom is -0.481 e. The zero-order chi connectivity index (χ0) is 13.3. The van der Waals surface area contributed by atoms with E-state index in [4.69, 9.17) is 9.63 Å². The van der Waals surface area contributed by atoms with E-state index in [0.29, 0.717) is 12.3 Å². The maximum absolute atomic E-state index is 11.0. The average molecular weight is 264 g/mol. The summed E-state index contributed by atoms with van der Waals surface area (Å²) in [5.41, 5.74) is -0.158. The zero-order valence-electron chi connectivity index (χ0n) is 11.1. The van der Waals surface area contributed by atoms with Gasteiger partial charge in [0.2, 0.25) is 5.89 Å². The molecule has 1 heterocycles. The highest BCUT2D eigenvalue weighted by molar-refractivity contribution is 5.67. The summed E-state index contributed by atoms with van der Waals surface area (Å²) >= 11 is 0. The van der Waals surface area contributed by atoms with Crippen LogP contribution in [0.5, 0.6) is 0 Å². The number of carbonyl (C=O) groups is 1. The van der Waals surface area contributed by atoms with Gasteiger partial charge < -0.3 is 9.63 Å². The Morgan fingerprint density at radius 3 is 2.74 bits per heavy atom. The largest absolute Gasteiger partial charge is 0.481 e. The van der Waals surface area contributed by atoms with Crippen LogP contribution in [0.3, 0.4) is 0 Å². The molecule has 2 aliphatic carbocycles. The van der Waals surface area contributed by atoms with Gasteiger partial charge in [0.15, 0.2) is 5.82 Å². The molecule has 2 saturated carbocycles. The van der Waals surface area contributed by atoms with Crippen molar-refractivity contribution in [1.82, 2.24) is 10.1 Å². The van der Waals surface area contributed by atoms with E-state index in [1.54, 1.807) is 0 Å². The van der Waals surface area contributed by atoms with Gasteiger partial charge in [-0.3, -0.25) is 4.79 Å². The molecule has 3 rings (SSSR count). The third-order valence-corrected chi connectivity index (χ3v) is 4.39.